The predicted molar refractivity (Wildman–Crippen MR) is 81.3 cm³/mol. The van der Waals surface area contributed by atoms with E-state index in [1.54, 1.807) is 13.0 Å². The van der Waals surface area contributed by atoms with Gasteiger partial charge in [-0.05, 0) is 36.6 Å². The average molecular weight is 310 g/mol. The van der Waals surface area contributed by atoms with Crippen LogP contribution in [0.4, 0.5) is 13.2 Å². The van der Waals surface area contributed by atoms with Gasteiger partial charge < -0.3 is 0 Å². The minimum Gasteiger partial charge on any atom is -0.201 e. The smallest absolute Gasteiger partial charge is 0.201 e. The summed E-state index contributed by atoms with van der Waals surface area (Å²) in [5.74, 6) is 0. The van der Waals surface area contributed by atoms with Crippen LogP contribution in [0.1, 0.15) is 27.7 Å². The highest BCUT2D eigenvalue weighted by Crippen LogP contribution is 2.40. The molecule has 1 aromatic heterocycles. The fraction of sp³-hybridized carbons (Fsp3) is 0.389. The monoisotopic (exact) mass is 310 g/mol. The Balaban J connectivity index is 2.52. The zero-order valence-corrected chi connectivity index (χ0v) is 13.1. The Morgan fingerprint density at radius 3 is 2.36 bits per heavy atom. The van der Waals surface area contributed by atoms with Gasteiger partial charge in [-0.3, -0.25) is 0 Å². The summed E-state index contributed by atoms with van der Waals surface area (Å²) in [6.07, 6.45) is -5.29. The van der Waals surface area contributed by atoms with Crippen molar-refractivity contribution < 1.29 is 20.5 Å². The maximum absolute atomic E-state index is 13.3. The van der Waals surface area contributed by atoms with Crippen molar-refractivity contribution >= 4 is 0 Å². The zero-order valence-electron chi connectivity index (χ0n) is 15.1. The second kappa shape index (κ2) is 5.75. The highest BCUT2D eigenvalue weighted by molar-refractivity contribution is 5.61. The van der Waals surface area contributed by atoms with E-state index >= 15 is 0 Å². The van der Waals surface area contributed by atoms with E-state index in [1.165, 1.54) is 12.1 Å². The molecule has 0 aliphatic carbocycles. The summed E-state index contributed by atoms with van der Waals surface area (Å²) in [5, 5.41) is 0. The van der Waals surface area contributed by atoms with Crippen molar-refractivity contribution in [2.75, 3.05) is 0 Å². The molecule has 0 bridgehead atoms. The number of hydrogen-bond donors (Lipinski definition) is 0. The van der Waals surface area contributed by atoms with E-state index in [0.717, 1.165) is 30.7 Å². The van der Waals surface area contributed by atoms with Gasteiger partial charge in [0.15, 0.2) is 6.20 Å². The molecule has 0 unspecified atom stereocenters. The van der Waals surface area contributed by atoms with Gasteiger partial charge in [0.1, 0.15) is 7.05 Å². The molecule has 0 fully saturated rings. The van der Waals surface area contributed by atoms with Gasteiger partial charge in [-0.2, -0.15) is 13.2 Å². The normalized spacial score (nSPS) is 14.5. The van der Waals surface area contributed by atoms with Crippen LogP contribution >= 0.6 is 0 Å². The molecule has 0 spiro atoms. The number of alkyl halides is 3. The zero-order chi connectivity index (χ0) is 18.3. The van der Waals surface area contributed by atoms with Gasteiger partial charge in [0.2, 0.25) is 5.69 Å². The number of hydrogen-bond acceptors (Lipinski definition) is 0. The topological polar surface area (TPSA) is 3.88 Å². The second-order valence-electron chi connectivity index (χ2n) is 5.97. The molecule has 2 rings (SSSR count). The highest BCUT2D eigenvalue weighted by atomic mass is 19.4. The van der Waals surface area contributed by atoms with Gasteiger partial charge in [0.05, 0.1) is 5.41 Å². The van der Waals surface area contributed by atoms with Gasteiger partial charge in [-0.25, -0.2) is 4.57 Å². The number of rotatable bonds is 3. The molecule has 118 valence electrons. The number of nitrogens with zero attached hydrogens (tertiary/aromatic N) is 1. The molecule has 2 aromatic rings. The molecule has 0 radical (unpaired) electrons. The molecule has 0 atom stereocenters. The molecule has 1 heterocycles. The molecule has 22 heavy (non-hydrogen) atoms. The maximum atomic E-state index is 13.3. The molecule has 0 saturated carbocycles. The van der Waals surface area contributed by atoms with Gasteiger partial charge in [0, 0.05) is 20.4 Å². The quantitative estimate of drug-likeness (QED) is 0.729. The fourth-order valence-electron chi connectivity index (χ4n) is 2.26. The Bertz CT molecular complexity index is 752. The van der Waals surface area contributed by atoms with Crippen LogP contribution in [-0.4, -0.2) is 6.18 Å². The summed E-state index contributed by atoms with van der Waals surface area (Å²) in [6.45, 7) is 3.57. The molecule has 0 aliphatic heterocycles. The molecule has 0 N–H and O–H groups in total. The first-order valence-electron chi connectivity index (χ1n) is 8.02. The second-order valence-corrected chi connectivity index (χ2v) is 5.97. The van der Waals surface area contributed by atoms with E-state index < -0.39 is 18.0 Å². The first-order chi connectivity index (χ1) is 10.9. The van der Waals surface area contributed by atoms with Crippen LogP contribution in [0.15, 0.2) is 42.6 Å². The van der Waals surface area contributed by atoms with E-state index in [-0.39, 0.29) is 5.56 Å². The van der Waals surface area contributed by atoms with Crippen LogP contribution in [0.25, 0.3) is 11.3 Å². The van der Waals surface area contributed by atoms with Crippen molar-refractivity contribution in [3.63, 3.8) is 0 Å². The molecule has 1 nitrogen and oxygen atoms in total. The van der Waals surface area contributed by atoms with Crippen LogP contribution in [0.3, 0.4) is 0 Å². The minimum atomic E-state index is -4.64. The van der Waals surface area contributed by atoms with Crippen molar-refractivity contribution in [1.29, 1.82) is 0 Å². The molecule has 0 saturated heterocycles. The number of aromatic nitrogens is 1. The molecular formula is C18H21F3N+. The Labute approximate surface area is 132 Å². The Morgan fingerprint density at radius 1 is 1.14 bits per heavy atom. The molecule has 0 amide bonds. The molecule has 0 aliphatic rings. The van der Waals surface area contributed by atoms with E-state index in [2.05, 4.69) is 0 Å². The van der Waals surface area contributed by atoms with Gasteiger partial charge in [0.25, 0.3) is 0 Å². The van der Waals surface area contributed by atoms with Gasteiger partial charge in [-0.15, -0.1) is 0 Å². The van der Waals surface area contributed by atoms with E-state index in [9.17, 15) is 13.2 Å². The number of aryl methyl sites for hydroxylation is 2. The van der Waals surface area contributed by atoms with Crippen LogP contribution in [0.5, 0.6) is 0 Å². The lowest BCUT2D eigenvalue weighted by Crippen LogP contribution is -2.34. The van der Waals surface area contributed by atoms with Crippen LogP contribution in [0, 0.1) is 12.3 Å². The van der Waals surface area contributed by atoms with Crippen LogP contribution in [0.2, 0.25) is 0 Å². The van der Waals surface area contributed by atoms with Crippen molar-refractivity contribution in [2.24, 2.45) is 12.5 Å². The van der Waals surface area contributed by atoms with Gasteiger partial charge >= 0.3 is 6.18 Å². The predicted octanol–water partition coefficient (Wildman–Crippen LogP) is 4.62. The third kappa shape index (κ3) is 3.32. The largest absolute Gasteiger partial charge is 0.394 e. The molecule has 4 heteroatoms. The lowest BCUT2D eigenvalue weighted by atomic mass is 9.84. The first-order valence-corrected chi connectivity index (χ1v) is 7.02. The van der Waals surface area contributed by atoms with Gasteiger partial charge in [-0.1, -0.05) is 26.0 Å². The highest BCUT2D eigenvalue weighted by Gasteiger charge is 2.46. The number of benzene rings is 1. The fourth-order valence-corrected chi connectivity index (χ4v) is 2.26. The van der Waals surface area contributed by atoms with Crippen molar-refractivity contribution in [3.8, 4) is 11.3 Å². The van der Waals surface area contributed by atoms with Crippen LogP contribution < -0.4 is 4.57 Å². The van der Waals surface area contributed by atoms with Crippen molar-refractivity contribution in [2.45, 2.75) is 33.3 Å². The Hall–Kier alpha value is -1.84. The summed E-state index contributed by atoms with van der Waals surface area (Å²) >= 11 is 0. The van der Waals surface area contributed by atoms with Crippen molar-refractivity contribution in [3.05, 3.63) is 53.7 Å². The van der Waals surface area contributed by atoms with Crippen LogP contribution in [-0.2, 0) is 13.4 Å². The Kier molecular flexibility index (Phi) is 3.60. The first kappa shape index (κ1) is 13.8. The summed E-state index contributed by atoms with van der Waals surface area (Å²) in [5.41, 5.74) is 0.0474. The van der Waals surface area contributed by atoms with E-state index in [0.29, 0.717) is 0 Å². The standard InChI is InChI=1S/C18H21F3N/c1-13-11-14(12-17(2,3)18(19,20)21)8-9-15(13)16-7-5-6-10-22(16)4/h5-11H,12H2,1-4H3/q+1/i12D2. The minimum absolute atomic E-state index is 0.0321. The molecule has 1 aromatic carbocycles. The Morgan fingerprint density at radius 2 is 1.82 bits per heavy atom. The number of pyridine rings is 1. The van der Waals surface area contributed by atoms with E-state index in [4.69, 9.17) is 2.74 Å². The summed E-state index contributed by atoms with van der Waals surface area (Å²) in [7, 11) is 1.88. The van der Waals surface area contributed by atoms with Crippen molar-refractivity contribution in [1.82, 2.24) is 0 Å². The lowest BCUT2D eigenvalue weighted by Gasteiger charge is -2.28. The summed E-state index contributed by atoms with van der Waals surface area (Å²) < 4.78 is 57.9. The lowest BCUT2D eigenvalue weighted by molar-refractivity contribution is -0.660. The summed E-state index contributed by atoms with van der Waals surface area (Å²) in [6, 6.07) is 10.3. The van der Waals surface area contributed by atoms with E-state index in [1.807, 2.05) is 36.0 Å². The third-order valence-corrected chi connectivity index (χ3v) is 3.72. The SMILES string of the molecule is [2H]C([2H])(c1ccc(-c2cccc[n+]2C)c(C)c1)C(C)(C)C(F)(F)F. The average Bonchev–Trinajstić information content (AvgIpc) is 2.46. The third-order valence-electron chi connectivity index (χ3n) is 3.72. The summed E-state index contributed by atoms with van der Waals surface area (Å²) in [4.78, 5) is 0. The molecular weight excluding hydrogens is 287 g/mol. The number of halogens is 3. The maximum Gasteiger partial charge on any atom is 0.394 e.